The molecule has 1 rings (SSSR count). The zero-order valence-corrected chi connectivity index (χ0v) is 14.7. The van der Waals surface area contributed by atoms with Crippen molar-refractivity contribution >= 4 is 6.09 Å². The Morgan fingerprint density at radius 3 is 2.25 bits per heavy atom. The van der Waals surface area contributed by atoms with E-state index in [9.17, 15) is 18.0 Å². The number of hydrogen-bond acceptors (Lipinski definition) is 3. The van der Waals surface area contributed by atoms with Crippen LogP contribution in [0.5, 0.6) is 0 Å². The zero-order valence-electron chi connectivity index (χ0n) is 14.7. The van der Waals surface area contributed by atoms with Crippen LogP contribution in [0.1, 0.15) is 44.4 Å². The lowest BCUT2D eigenvalue weighted by Gasteiger charge is -2.30. The van der Waals surface area contributed by atoms with E-state index in [1.807, 2.05) is 0 Å². The van der Waals surface area contributed by atoms with E-state index in [1.54, 1.807) is 33.8 Å². The fourth-order valence-electron chi connectivity index (χ4n) is 2.18. The number of carbonyl (C=O) groups is 1. The van der Waals surface area contributed by atoms with Crippen molar-refractivity contribution in [3.05, 3.63) is 34.9 Å². The second-order valence-electron chi connectivity index (χ2n) is 7.15. The molecule has 0 saturated carbocycles. The molecule has 0 saturated heterocycles. The van der Waals surface area contributed by atoms with Gasteiger partial charge in [-0.25, -0.2) is 4.79 Å². The molecule has 0 spiro atoms. The normalized spacial score (nSPS) is 14.9. The molecular formula is C17H25F3N2O2. The van der Waals surface area contributed by atoms with Gasteiger partial charge in [0.1, 0.15) is 5.60 Å². The van der Waals surface area contributed by atoms with Crippen molar-refractivity contribution in [2.75, 3.05) is 13.1 Å². The maximum Gasteiger partial charge on any atom is 0.416 e. The number of benzene rings is 1. The fourth-order valence-corrected chi connectivity index (χ4v) is 2.18. The molecule has 3 N–H and O–H groups in total. The third kappa shape index (κ3) is 5.40. The number of nitrogens with two attached hydrogens (primary N) is 1. The first-order chi connectivity index (χ1) is 10.8. The molecule has 0 fully saturated rings. The molecule has 1 unspecified atom stereocenters. The van der Waals surface area contributed by atoms with Crippen molar-refractivity contribution in [2.45, 2.75) is 51.8 Å². The summed E-state index contributed by atoms with van der Waals surface area (Å²) in [4.78, 5) is 11.8. The highest BCUT2D eigenvalue weighted by Crippen LogP contribution is 2.34. The van der Waals surface area contributed by atoms with E-state index >= 15 is 0 Å². The number of aryl methyl sites for hydroxylation is 1. The van der Waals surface area contributed by atoms with Crippen molar-refractivity contribution in [2.24, 2.45) is 5.73 Å². The Morgan fingerprint density at radius 2 is 1.79 bits per heavy atom. The Bertz CT molecular complexity index is 594. The highest BCUT2D eigenvalue weighted by atomic mass is 19.4. The third-order valence-corrected chi connectivity index (χ3v) is 3.71. The van der Waals surface area contributed by atoms with Crippen molar-refractivity contribution in [3.63, 3.8) is 0 Å². The largest absolute Gasteiger partial charge is 0.444 e. The van der Waals surface area contributed by atoms with E-state index in [0.717, 1.165) is 6.07 Å². The molecule has 0 radical (unpaired) electrons. The molecule has 1 aromatic carbocycles. The summed E-state index contributed by atoms with van der Waals surface area (Å²) in [7, 11) is 0. The smallest absolute Gasteiger partial charge is 0.416 e. The van der Waals surface area contributed by atoms with Crippen molar-refractivity contribution < 1.29 is 22.7 Å². The van der Waals surface area contributed by atoms with E-state index in [2.05, 4.69) is 5.32 Å². The average Bonchev–Trinajstić information content (AvgIpc) is 2.42. The van der Waals surface area contributed by atoms with Gasteiger partial charge in [-0.05, 0) is 44.9 Å². The van der Waals surface area contributed by atoms with Crippen LogP contribution in [0.4, 0.5) is 18.0 Å². The van der Waals surface area contributed by atoms with Crippen LogP contribution >= 0.6 is 0 Å². The molecule has 4 nitrogen and oxygen atoms in total. The van der Waals surface area contributed by atoms with Gasteiger partial charge in [-0.2, -0.15) is 13.2 Å². The molecule has 1 aromatic rings. The topological polar surface area (TPSA) is 64.3 Å². The molecule has 136 valence electrons. The molecular weight excluding hydrogens is 321 g/mol. The maximum atomic E-state index is 13.1. The van der Waals surface area contributed by atoms with Gasteiger partial charge in [-0.1, -0.05) is 19.1 Å². The number of carbonyl (C=O) groups excluding carboxylic acids is 1. The molecule has 0 bridgehead atoms. The summed E-state index contributed by atoms with van der Waals surface area (Å²) in [5, 5.41) is 2.58. The quantitative estimate of drug-likeness (QED) is 0.872. The Morgan fingerprint density at radius 1 is 1.21 bits per heavy atom. The molecule has 24 heavy (non-hydrogen) atoms. The monoisotopic (exact) mass is 346 g/mol. The molecule has 1 amide bonds. The van der Waals surface area contributed by atoms with Crippen LogP contribution in [-0.2, 0) is 16.3 Å². The maximum absolute atomic E-state index is 13.1. The molecule has 0 aliphatic carbocycles. The van der Waals surface area contributed by atoms with Gasteiger partial charge in [0.2, 0.25) is 0 Å². The van der Waals surface area contributed by atoms with Crippen LogP contribution in [0.3, 0.4) is 0 Å². The highest BCUT2D eigenvalue weighted by Gasteiger charge is 2.35. The first-order valence-corrected chi connectivity index (χ1v) is 7.64. The van der Waals surface area contributed by atoms with Crippen molar-refractivity contribution in [3.8, 4) is 0 Å². The van der Waals surface area contributed by atoms with Gasteiger partial charge in [-0.15, -0.1) is 0 Å². The number of nitrogens with one attached hydrogen (secondary N) is 1. The number of alkyl carbamates (subject to hydrolysis) is 1. The van der Waals surface area contributed by atoms with E-state index in [1.165, 1.54) is 13.0 Å². The zero-order chi connectivity index (χ0) is 18.8. The number of alkyl halides is 3. The minimum absolute atomic E-state index is 0.0682. The second-order valence-corrected chi connectivity index (χ2v) is 7.15. The summed E-state index contributed by atoms with van der Waals surface area (Å²) in [6, 6.07) is 4.12. The van der Waals surface area contributed by atoms with Gasteiger partial charge in [0.05, 0.1) is 5.56 Å². The third-order valence-electron chi connectivity index (χ3n) is 3.71. The molecule has 0 aliphatic heterocycles. The Labute approximate surface area is 140 Å². The van der Waals surface area contributed by atoms with Gasteiger partial charge in [0.25, 0.3) is 0 Å². The molecule has 1 atom stereocenters. The Balaban J connectivity index is 3.01. The van der Waals surface area contributed by atoms with Crippen LogP contribution in [0.2, 0.25) is 0 Å². The first kappa shape index (κ1) is 20.3. The molecule has 7 heteroatoms. The predicted octanol–water partition coefficient (Wildman–Crippen LogP) is 3.75. The fraction of sp³-hybridized carbons (Fsp3) is 0.588. The van der Waals surface area contributed by atoms with Crippen LogP contribution in [0.25, 0.3) is 0 Å². The minimum Gasteiger partial charge on any atom is -0.444 e. The van der Waals surface area contributed by atoms with Crippen molar-refractivity contribution in [1.29, 1.82) is 0 Å². The standard InChI is InChI=1S/C17H25F3N2O2/c1-11-6-7-12(8-13(11)17(18,19)20)16(5,9-21)10-22-14(23)24-15(2,3)4/h6-8H,9-10,21H2,1-5H3,(H,22,23). The van der Waals surface area contributed by atoms with Gasteiger partial charge in [0.15, 0.2) is 0 Å². The van der Waals surface area contributed by atoms with Crippen LogP contribution in [0.15, 0.2) is 18.2 Å². The SMILES string of the molecule is Cc1ccc(C(C)(CN)CNC(=O)OC(C)(C)C)cc1C(F)(F)F. The van der Waals surface area contributed by atoms with E-state index in [0.29, 0.717) is 5.56 Å². The summed E-state index contributed by atoms with van der Waals surface area (Å²) < 4.78 is 44.4. The summed E-state index contributed by atoms with van der Waals surface area (Å²) in [5.74, 6) is 0. The summed E-state index contributed by atoms with van der Waals surface area (Å²) in [5.41, 5.74) is 4.14. The lowest BCUT2D eigenvalue weighted by Crippen LogP contribution is -2.45. The Hall–Kier alpha value is -1.76. The summed E-state index contributed by atoms with van der Waals surface area (Å²) >= 11 is 0. The van der Waals surface area contributed by atoms with Gasteiger partial charge < -0.3 is 15.8 Å². The summed E-state index contributed by atoms with van der Waals surface area (Å²) in [6.45, 7) is 8.43. The van der Waals surface area contributed by atoms with Gasteiger partial charge >= 0.3 is 12.3 Å². The number of ether oxygens (including phenoxy) is 1. The minimum atomic E-state index is -4.44. The summed E-state index contributed by atoms with van der Waals surface area (Å²) in [6.07, 6.45) is -5.07. The van der Waals surface area contributed by atoms with E-state index in [-0.39, 0.29) is 18.7 Å². The van der Waals surface area contributed by atoms with E-state index < -0.39 is 28.8 Å². The lowest BCUT2D eigenvalue weighted by molar-refractivity contribution is -0.138. The average molecular weight is 346 g/mol. The molecule has 0 aliphatic rings. The van der Waals surface area contributed by atoms with Crippen LogP contribution in [0, 0.1) is 6.92 Å². The van der Waals surface area contributed by atoms with E-state index in [4.69, 9.17) is 10.5 Å². The van der Waals surface area contributed by atoms with Gasteiger partial charge in [-0.3, -0.25) is 0 Å². The van der Waals surface area contributed by atoms with Crippen LogP contribution in [-0.4, -0.2) is 24.8 Å². The number of amides is 1. The van der Waals surface area contributed by atoms with Crippen LogP contribution < -0.4 is 11.1 Å². The predicted molar refractivity (Wildman–Crippen MR) is 86.8 cm³/mol. The first-order valence-electron chi connectivity index (χ1n) is 7.64. The number of hydrogen-bond donors (Lipinski definition) is 2. The number of rotatable bonds is 4. The molecule has 0 aromatic heterocycles. The Kier molecular flexibility index (Phi) is 5.92. The molecule has 0 heterocycles. The second kappa shape index (κ2) is 7.01. The number of halogens is 3. The lowest BCUT2D eigenvalue weighted by atomic mass is 9.81. The van der Waals surface area contributed by atoms with Crippen molar-refractivity contribution in [1.82, 2.24) is 5.32 Å². The highest BCUT2D eigenvalue weighted by molar-refractivity contribution is 5.67. The van der Waals surface area contributed by atoms with Gasteiger partial charge in [0, 0.05) is 18.5 Å².